The molecule has 5 heteroatoms. The van der Waals surface area contributed by atoms with Gasteiger partial charge in [0.25, 0.3) is 0 Å². The molecule has 0 heterocycles. The number of amides is 1. The molecule has 1 rings (SSSR count). The van der Waals surface area contributed by atoms with E-state index in [-0.39, 0.29) is 11.6 Å². The second kappa shape index (κ2) is 7.48. The zero-order chi connectivity index (χ0) is 13.5. The standard InChI is InChI=1S/C13H18BrFN2O/c1-9(2)16-8-4-7-12(18)17-13-10(14)5-3-6-11(13)15/h3,5-6,9,16H,4,7-8H2,1-2H3,(H,17,18). The lowest BCUT2D eigenvalue weighted by molar-refractivity contribution is -0.116. The van der Waals surface area contributed by atoms with Gasteiger partial charge in [-0.1, -0.05) is 19.9 Å². The Balaban J connectivity index is 2.40. The van der Waals surface area contributed by atoms with E-state index in [0.717, 1.165) is 13.0 Å². The third-order valence-electron chi connectivity index (χ3n) is 2.36. The van der Waals surface area contributed by atoms with Crippen LogP contribution in [0.5, 0.6) is 0 Å². The highest BCUT2D eigenvalue weighted by atomic mass is 79.9. The number of halogens is 2. The van der Waals surface area contributed by atoms with E-state index < -0.39 is 5.82 Å². The van der Waals surface area contributed by atoms with E-state index >= 15 is 0 Å². The molecule has 0 saturated heterocycles. The maximum absolute atomic E-state index is 13.4. The molecule has 18 heavy (non-hydrogen) atoms. The summed E-state index contributed by atoms with van der Waals surface area (Å²) in [6.07, 6.45) is 1.11. The number of carbonyl (C=O) groups is 1. The first-order valence-electron chi connectivity index (χ1n) is 5.98. The molecule has 0 aliphatic rings. The quantitative estimate of drug-likeness (QED) is 0.791. The molecule has 0 unspecified atom stereocenters. The molecule has 0 saturated carbocycles. The summed E-state index contributed by atoms with van der Waals surface area (Å²) >= 11 is 3.21. The average molecular weight is 317 g/mol. The van der Waals surface area contributed by atoms with Crippen LogP contribution in [0, 0.1) is 5.82 Å². The van der Waals surface area contributed by atoms with Gasteiger partial charge in [-0.15, -0.1) is 0 Å². The van der Waals surface area contributed by atoms with Crippen molar-refractivity contribution in [2.24, 2.45) is 0 Å². The lowest BCUT2D eigenvalue weighted by Gasteiger charge is -2.09. The van der Waals surface area contributed by atoms with Crippen LogP contribution in [0.1, 0.15) is 26.7 Å². The average Bonchev–Trinajstić information content (AvgIpc) is 2.29. The summed E-state index contributed by atoms with van der Waals surface area (Å²) in [4.78, 5) is 11.6. The van der Waals surface area contributed by atoms with Crippen molar-refractivity contribution < 1.29 is 9.18 Å². The molecule has 3 nitrogen and oxygen atoms in total. The fraction of sp³-hybridized carbons (Fsp3) is 0.462. The first kappa shape index (κ1) is 15.1. The van der Waals surface area contributed by atoms with Crippen LogP contribution in [0.3, 0.4) is 0 Å². The number of anilines is 1. The van der Waals surface area contributed by atoms with E-state index in [1.54, 1.807) is 12.1 Å². The lowest BCUT2D eigenvalue weighted by Crippen LogP contribution is -2.24. The molecular formula is C13H18BrFN2O. The van der Waals surface area contributed by atoms with Gasteiger partial charge in [0.15, 0.2) is 0 Å². The van der Waals surface area contributed by atoms with Gasteiger partial charge in [0.1, 0.15) is 5.82 Å². The van der Waals surface area contributed by atoms with Crippen molar-refractivity contribution in [1.29, 1.82) is 0 Å². The highest BCUT2D eigenvalue weighted by Gasteiger charge is 2.09. The summed E-state index contributed by atoms with van der Waals surface area (Å²) in [6, 6.07) is 5.01. The van der Waals surface area contributed by atoms with Crippen LogP contribution >= 0.6 is 15.9 Å². The minimum atomic E-state index is -0.432. The molecule has 1 aromatic carbocycles. The number of hydrogen-bond acceptors (Lipinski definition) is 2. The highest BCUT2D eigenvalue weighted by molar-refractivity contribution is 9.10. The molecule has 0 aliphatic carbocycles. The van der Waals surface area contributed by atoms with Crippen molar-refractivity contribution in [2.75, 3.05) is 11.9 Å². The lowest BCUT2D eigenvalue weighted by atomic mass is 10.2. The predicted molar refractivity (Wildman–Crippen MR) is 75.1 cm³/mol. The van der Waals surface area contributed by atoms with Crippen LogP contribution in [0.15, 0.2) is 22.7 Å². The topological polar surface area (TPSA) is 41.1 Å². The molecule has 0 spiro atoms. The zero-order valence-corrected chi connectivity index (χ0v) is 12.2. The molecule has 0 radical (unpaired) electrons. The van der Waals surface area contributed by atoms with Crippen molar-refractivity contribution in [3.8, 4) is 0 Å². The van der Waals surface area contributed by atoms with Gasteiger partial charge in [-0.3, -0.25) is 4.79 Å². The van der Waals surface area contributed by atoms with E-state index in [0.29, 0.717) is 16.9 Å². The van der Waals surface area contributed by atoms with Crippen molar-refractivity contribution in [3.05, 3.63) is 28.5 Å². The number of benzene rings is 1. The van der Waals surface area contributed by atoms with Crippen LogP contribution in [-0.2, 0) is 4.79 Å². The molecule has 1 aromatic rings. The molecule has 0 fully saturated rings. The summed E-state index contributed by atoms with van der Waals surface area (Å²) in [5.41, 5.74) is 0.208. The number of nitrogens with one attached hydrogen (secondary N) is 2. The van der Waals surface area contributed by atoms with Crippen LogP contribution in [0.4, 0.5) is 10.1 Å². The molecule has 1 amide bonds. The fourth-order valence-electron chi connectivity index (χ4n) is 1.46. The summed E-state index contributed by atoms with van der Waals surface area (Å²) in [7, 11) is 0. The van der Waals surface area contributed by atoms with Gasteiger partial charge in [-0.05, 0) is 41.0 Å². The second-order valence-electron chi connectivity index (χ2n) is 4.36. The Labute approximate surface area is 115 Å². The maximum atomic E-state index is 13.4. The normalized spacial score (nSPS) is 10.7. The zero-order valence-electron chi connectivity index (χ0n) is 10.6. The SMILES string of the molecule is CC(C)NCCCC(=O)Nc1c(F)cccc1Br. The molecule has 0 atom stereocenters. The number of para-hydroxylation sites is 1. The number of hydrogen-bond donors (Lipinski definition) is 2. The van der Waals surface area contributed by atoms with Gasteiger partial charge in [0.05, 0.1) is 5.69 Å². The first-order valence-corrected chi connectivity index (χ1v) is 6.77. The number of rotatable bonds is 6. The van der Waals surface area contributed by atoms with E-state index in [1.807, 2.05) is 0 Å². The Morgan fingerprint density at radius 2 is 2.17 bits per heavy atom. The van der Waals surface area contributed by atoms with E-state index in [1.165, 1.54) is 6.07 Å². The third kappa shape index (κ3) is 5.14. The Hall–Kier alpha value is -0.940. The fourth-order valence-corrected chi connectivity index (χ4v) is 1.90. The molecular weight excluding hydrogens is 299 g/mol. The molecule has 2 N–H and O–H groups in total. The van der Waals surface area contributed by atoms with Gasteiger partial charge in [0, 0.05) is 16.9 Å². The minimum Gasteiger partial charge on any atom is -0.323 e. The van der Waals surface area contributed by atoms with Crippen LogP contribution < -0.4 is 10.6 Å². The first-order chi connectivity index (χ1) is 8.50. The monoisotopic (exact) mass is 316 g/mol. The van der Waals surface area contributed by atoms with E-state index in [2.05, 4.69) is 40.4 Å². The van der Waals surface area contributed by atoms with Gasteiger partial charge in [-0.2, -0.15) is 0 Å². The third-order valence-corrected chi connectivity index (χ3v) is 3.02. The van der Waals surface area contributed by atoms with E-state index in [4.69, 9.17) is 0 Å². The summed E-state index contributed by atoms with van der Waals surface area (Å²) in [6.45, 7) is 4.89. The smallest absolute Gasteiger partial charge is 0.224 e. The highest BCUT2D eigenvalue weighted by Crippen LogP contribution is 2.25. The van der Waals surface area contributed by atoms with Crippen molar-refractivity contribution in [2.45, 2.75) is 32.7 Å². The molecule has 0 aromatic heterocycles. The van der Waals surface area contributed by atoms with Crippen LogP contribution in [0.25, 0.3) is 0 Å². The molecule has 100 valence electrons. The summed E-state index contributed by atoms with van der Waals surface area (Å²) < 4.78 is 14.0. The minimum absolute atomic E-state index is 0.175. The van der Waals surface area contributed by atoms with Crippen molar-refractivity contribution in [1.82, 2.24) is 5.32 Å². The van der Waals surface area contributed by atoms with Gasteiger partial charge < -0.3 is 10.6 Å². The molecule has 0 aliphatic heterocycles. The number of carbonyl (C=O) groups excluding carboxylic acids is 1. The predicted octanol–water partition coefficient (Wildman–Crippen LogP) is 3.30. The summed E-state index contributed by atoms with van der Waals surface area (Å²) in [5.74, 6) is -0.607. The summed E-state index contributed by atoms with van der Waals surface area (Å²) in [5, 5.41) is 5.80. The van der Waals surface area contributed by atoms with Gasteiger partial charge in [-0.25, -0.2) is 4.39 Å². The van der Waals surface area contributed by atoms with Crippen molar-refractivity contribution in [3.63, 3.8) is 0 Å². The Morgan fingerprint density at radius 3 is 2.78 bits per heavy atom. The largest absolute Gasteiger partial charge is 0.323 e. The Morgan fingerprint density at radius 1 is 1.44 bits per heavy atom. The maximum Gasteiger partial charge on any atom is 0.224 e. The van der Waals surface area contributed by atoms with Crippen molar-refractivity contribution >= 4 is 27.5 Å². The Kier molecular flexibility index (Phi) is 6.29. The van der Waals surface area contributed by atoms with Crippen LogP contribution in [0.2, 0.25) is 0 Å². The van der Waals surface area contributed by atoms with Gasteiger partial charge in [0.2, 0.25) is 5.91 Å². The molecule has 0 bridgehead atoms. The van der Waals surface area contributed by atoms with Gasteiger partial charge >= 0.3 is 0 Å². The van der Waals surface area contributed by atoms with E-state index in [9.17, 15) is 9.18 Å². The second-order valence-corrected chi connectivity index (χ2v) is 5.21. The van der Waals surface area contributed by atoms with Crippen LogP contribution in [-0.4, -0.2) is 18.5 Å². The Bertz CT molecular complexity index is 390.